The van der Waals surface area contributed by atoms with Crippen LogP contribution in [-0.4, -0.2) is 46.6 Å². The number of nitrogens with zero attached hydrogens (tertiary/aromatic N) is 2. The largest absolute Gasteiger partial charge is 0.481 e. The van der Waals surface area contributed by atoms with Crippen molar-refractivity contribution in [1.82, 2.24) is 9.88 Å². The van der Waals surface area contributed by atoms with E-state index in [0.29, 0.717) is 12.5 Å². The van der Waals surface area contributed by atoms with Gasteiger partial charge in [-0.3, -0.25) is 4.79 Å². The van der Waals surface area contributed by atoms with Crippen LogP contribution < -0.4 is 5.32 Å². The SMILES string of the molecule is CC(CN1CCCC1)Nc1nc(CCC(=O)O)cs1. The van der Waals surface area contributed by atoms with Crippen LogP contribution in [0.2, 0.25) is 0 Å². The van der Waals surface area contributed by atoms with Gasteiger partial charge in [0.1, 0.15) is 0 Å². The standard InChI is InChI=1S/C13H21N3O2S/c1-10(8-16-6-2-3-7-16)14-13-15-11(9-19-13)4-5-12(17)18/h9-10H,2-8H2,1H3,(H,14,15)(H,17,18). The van der Waals surface area contributed by atoms with Crippen molar-refractivity contribution in [2.75, 3.05) is 25.0 Å². The molecule has 2 N–H and O–H groups in total. The van der Waals surface area contributed by atoms with Crippen LogP contribution in [0.15, 0.2) is 5.38 Å². The van der Waals surface area contributed by atoms with Crippen molar-refractivity contribution in [1.29, 1.82) is 0 Å². The first-order valence-corrected chi connectivity index (χ1v) is 7.66. The molecule has 0 saturated carbocycles. The summed E-state index contributed by atoms with van der Waals surface area (Å²) in [6, 6.07) is 0.372. The van der Waals surface area contributed by atoms with Gasteiger partial charge in [0.2, 0.25) is 0 Å². The molecule has 0 spiro atoms. The molecule has 2 rings (SSSR count). The summed E-state index contributed by atoms with van der Waals surface area (Å²) in [5.41, 5.74) is 0.864. The summed E-state index contributed by atoms with van der Waals surface area (Å²) >= 11 is 1.55. The van der Waals surface area contributed by atoms with E-state index in [1.807, 2.05) is 5.38 Å². The number of nitrogens with one attached hydrogen (secondary N) is 1. The van der Waals surface area contributed by atoms with Gasteiger partial charge in [0.15, 0.2) is 5.13 Å². The highest BCUT2D eigenvalue weighted by Crippen LogP contribution is 2.18. The van der Waals surface area contributed by atoms with E-state index in [0.717, 1.165) is 17.4 Å². The Hall–Kier alpha value is -1.14. The summed E-state index contributed by atoms with van der Waals surface area (Å²) in [5.74, 6) is -0.773. The van der Waals surface area contributed by atoms with Crippen molar-refractivity contribution >= 4 is 22.4 Å². The van der Waals surface area contributed by atoms with Crippen LogP contribution in [0.25, 0.3) is 0 Å². The highest BCUT2D eigenvalue weighted by atomic mass is 32.1. The van der Waals surface area contributed by atoms with Crippen LogP contribution in [0.4, 0.5) is 5.13 Å². The molecule has 0 aromatic carbocycles. The van der Waals surface area contributed by atoms with Gasteiger partial charge in [-0.25, -0.2) is 4.98 Å². The van der Waals surface area contributed by atoms with Crippen LogP contribution in [0, 0.1) is 0 Å². The Morgan fingerprint density at radius 2 is 2.32 bits per heavy atom. The van der Waals surface area contributed by atoms with Crippen LogP contribution >= 0.6 is 11.3 Å². The van der Waals surface area contributed by atoms with Crippen molar-refractivity contribution in [3.8, 4) is 0 Å². The number of rotatable bonds is 7. The van der Waals surface area contributed by atoms with E-state index in [4.69, 9.17) is 5.11 Å². The molecular formula is C13H21N3O2S. The summed E-state index contributed by atoms with van der Waals surface area (Å²) < 4.78 is 0. The zero-order valence-corrected chi connectivity index (χ0v) is 12.1. The van der Waals surface area contributed by atoms with Crippen LogP contribution in [-0.2, 0) is 11.2 Å². The van der Waals surface area contributed by atoms with Crippen LogP contribution in [0.5, 0.6) is 0 Å². The second-order valence-corrected chi connectivity index (χ2v) is 5.95. The molecule has 5 nitrogen and oxygen atoms in total. The lowest BCUT2D eigenvalue weighted by atomic mass is 10.2. The lowest BCUT2D eigenvalue weighted by Gasteiger charge is -2.20. The van der Waals surface area contributed by atoms with Crippen molar-refractivity contribution in [2.45, 2.75) is 38.6 Å². The molecule has 0 radical (unpaired) electrons. The Bertz CT molecular complexity index is 416. The van der Waals surface area contributed by atoms with E-state index in [-0.39, 0.29) is 6.42 Å². The molecule has 1 saturated heterocycles. The molecule has 0 bridgehead atoms. The third kappa shape index (κ3) is 4.80. The molecule has 0 aliphatic carbocycles. The van der Waals surface area contributed by atoms with Gasteiger partial charge in [0.25, 0.3) is 0 Å². The van der Waals surface area contributed by atoms with Gasteiger partial charge in [-0.15, -0.1) is 11.3 Å². The summed E-state index contributed by atoms with van der Waals surface area (Å²) in [4.78, 5) is 17.4. The molecule has 19 heavy (non-hydrogen) atoms. The van der Waals surface area contributed by atoms with E-state index in [1.165, 1.54) is 25.9 Å². The number of aliphatic carboxylic acids is 1. The Morgan fingerprint density at radius 1 is 1.58 bits per heavy atom. The molecule has 2 heterocycles. The van der Waals surface area contributed by atoms with Gasteiger partial charge in [-0.05, 0) is 32.9 Å². The van der Waals surface area contributed by atoms with Gasteiger partial charge < -0.3 is 15.3 Å². The third-order valence-electron chi connectivity index (χ3n) is 3.25. The maximum atomic E-state index is 10.5. The number of hydrogen-bond acceptors (Lipinski definition) is 5. The molecular weight excluding hydrogens is 262 g/mol. The summed E-state index contributed by atoms with van der Waals surface area (Å²) in [5, 5.41) is 14.9. The smallest absolute Gasteiger partial charge is 0.303 e. The van der Waals surface area contributed by atoms with E-state index >= 15 is 0 Å². The van der Waals surface area contributed by atoms with E-state index < -0.39 is 5.97 Å². The Labute approximate surface area is 117 Å². The number of carbonyl (C=O) groups is 1. The molecule has 1 aromatic heterocycles. The molecule has 6 heteroatoms. The minimum atomic E-state index is -0.773. The van der Waals surface area contributed by atoms with Crippen molar-refractivity contribution < 1.29 is 9.90 Å². The molecule has 1 unspecified atom stereocenters. The predicted molar refractivity (Wildman–Crippen MR) is 76.8 cm³/mol. The number of thiazole rings is 1. The minimum absolute atomic E-state index is 0.145. The van der Waals surface area contributed by atoms with Gasteiger partial charge >= 0.3 is 5.97 Å². The Balaban J connectivity index is 1.76. The van der Waals surface area contributed by atoms with Crippen molar-refractivity contribution in [3.05, 3.63) is 11.1 Å². The summed E-state index contributed by atoms with van der Waals surface area (Å²) in [6.07, 6.45) is 3.27. The van der Waals surface area contributed by atoms with Crippen molar-refractivity contribution in [2.24, 2.45) is 0 Å². The normalized spacial score (nSPS) is 17.5. The number of aromatic nitrogens is 1. The lowest BCUT2D eigenvalue weighted by Crippen LogP contribution is -2.32. The van der Waals surface area contributed by atoms with Crippen molar-refractivity contribution in [3.63, 3.8) is 0 Å². The monoisotopic (exact) mass is 283 g/mol. The molecule has 106 valence electrons. The summed E-state index contributed by atoms with van der Waals surface area (Å²) in [7, 11) is 0. The molecule has 1 aliphatic heterocycles. The third-order valence-corrected chi connectivity index (χ3v) is 4.07. The second kappa shape index (κ2) is 6.86. The molecule has 1 aromatic rings. The van der Waals surface area contributed by atoms with Gasteiger partial charge in [-0.1, -0.05) is 0 Å². The predicted octanol–water partition coefficient (Wildman–Crippen LogP) is 2.06. The Kier molecular flexibility index (Phi) is 5.15. The van der Waals surface area contributed by atoms with Crippen LogP contribution in [0.3, 0.4) is 0 Å². The average Bonchev–Trinajstić information content (AvgIpc) is 2.98. The zero-order chi connectivity index (χ0) is 13.7. The molecule has 1 aliphatic rings. The highest BCUT2D eigenvalue weighted by Gasteiger charge is 2.15. The molecule has 0 amide bonds. The number of hydrogen-bond donors (Lipinski definition) is 2. The quantitative estimate of drug-likeness (QED) is 0.802. The zero-order valence-electron chi connectivity index (χ0n) is 11.3. The molecule has 1 fully saturated rings. The maximum Gasteiger partial charge on any atom is 0.303 e. The first kappa shape index (κ1) is 14.3. The van der Waals surface area contributed by atoms with Gasteiger partial charge in [-0.2, -0.15) is 0 Å². The lowest BCUT2D eigenvalue weighted by molar-refractivity contribution is -0.136. The second-order valence-electron chi connectivity index (χ2n) is 5.09. The van der Waals surface area contributed by atoms with Crippen LogP contribution in [0.1, 0.15) is 31.9 Å². The van der Waals surface area contributed by atoms with Gasteiger partial charge in [0, 0.05) is 24.4 Å². The van der Waals surface area contributed by atoms with E-state index in [9.17, 15) is 4.79 Å². The number of aryl methyl sites for hydroxylation is 1. The average molecular weight is 283 g/mol. The van der Waals surface area contributed by atoms with E-state index in [1.54, 1.807) is 11.3 Å². The first-order chi connectivity index (χ1) is 9.13. The maximum absolute atomic E-state index is 10.5. The molecule has 1 atom stereocenters. The number of carboxylic acid groups (broad SMARTS) is 1. The minimum Gasteiger partial charge on any atom is -0.481 e. The van der Waals surface area contributed by atoms with E-state index in [2.05, 4.69) is 22.1 Å². The Morgan fingerprint density at radius 3 is 3.00 bits per heavy atom. The number of anilines is 1. The fourth-order valence-corrected chi connectivity index (χ4v) is 3.19. The highest BCUT2D eigenvalue weighted by molar-refractivity contribution is 7.13. The fraction of sp³-hybridized carbons (Fsp3) is 0.692. The van der Waals surface area contributed by atoms with Gasteiger partial charge in [0.05, 0.1) is 12.1 Å². The number of carboxylic acids is 1. The fourth-order valence-electron chi connectivity index (χ4n) is 2.33. The summed E-state index contributed by atoms with van der Waals surface area (Å²) in [6.45, 7) is 5.61. The first-order valence-electron chi connectivity index (χ1n) is 6.78. The number of likely N-dealkylation sites (tertiary alicyclic amines) is 1. The topological polar surface area (TPSA) is 65.5 Å².